The van der Waals surface area contributed by atoms with Gasteiger partial charge in [0.15, 0.2) is 0 Å². The number of anilines is 2. The van der Waals surface area contributed by atoms with Crippen LogP contribution in [0.5, 0.6) is 0 Å². The van der Waals surface area contributed by atoms with Gasteiger partial charge in [0.05, 0.1) is 17.1 Å². The fraction of sp³-hybridized carbons (Fsp3) is 0.286. The fourth-order valence-electron chi connectivity index (χ4n) is 1.88. The van der Waals surface area contributed by atoms with Crippen LogP contribution in [0, 0.1) is 13.8 Å². The molecular formula is C14H18N4O. The summed E-state index contributed by atoms with van der Waals surface area (Å²) >= 11 is 0. The van der Waals surface area contributed by atoms with Gasteiger partial charge < -0.3 is 11.1 Å². The molecule has 1 aromatic carbocycles. The second-order valence-corrected chi connectivity index (χ2v) is 4.60. The molecule has 1 heterocycles. The number of aromatic amines is 1. The van der Waals surface area contributed by atoms with Crippen molar-refractivity contribution in [1.82, 2.24) is 10.2 Å². The first-order valence-electron chi connectivity index (χ1n) is 6.22. The van der Waals surface area contributed by atoms with Crippen molar-refractivity contribution < 1.29 is 4.79 Å². The number of aryl methyl sites for hydroxylation is 3. The molecule has 0 radical (unpaired) electrons. The third-order valence-corrected chi connectivity index (χ3v) is 3.01. The van der Waals surface area contributed by atoms with Gasteiger partial charge in [-0.2, -0.15) is 5.10 Å². The smallest absolute Gasteiger partial charge is 0.224 e. The van der Waals surface area contributed by atoms with Crippen LogP contribution in [0.15, 0.2) is 24.3 Å². The molecule has 0 aliphatic carbocycles. The van der Waals surface area contributed by atoms with E-state index >= 15 is 0 Å². The Bertz CT molecular complexity index is 552. The summed E-state index contributed by atoms with van der Waals surface area (Å²) in [6, 6.07) is 7.57. The lowest BCUT2D eigenvalue weighted by molar-refractivity contribution is -0.116. The standard InChI is InChI=1S/C14H18N4O/c1-9-14(10(2)18-17-9)16-13(19)8-5-11-3-6-12(15)7-4-11/h3-4,6-7H,5,8,15H2,1-2H3,(H,16,19)(H,17,18). The monoisotopic (exact) mass is 258 g/mol. The van der Waals surface area contributed by atoms with Gasteiger partial charge >= 0.3 is 0 Å². The van der Waals surface area contributed by atoms with Crippen LogP contribution in [0.2, 0.25) is 0 Å². The van der Waals surface area contributed by atoms with E-state index in [2.05, 4.69) is 15.5 Å². The summed E-state index contributed by atoms with van der Waals surface area (Å²) in [4.78, 5) is 11.9. The normalized spacial score (nSPS) is 10.4. The SMILES string of the molecule is Cc1n[nH]c(C)c1NC(=O)CCc1ccc(N)cc1. The number of rotatable bonds is 4. The summed E-state index contributed by atoms with van der Waals surface area (Å²) < 4.78 is 0. The van der Waals surface area contributed by atoms with E-state index < -0.39 is 0 Å². The van der Waals surface area contributed by atoms with Crippen molar-refractivity contribution in [3.8, 4) is 0 Å². The van der Waals surface area contributed by atoms with Crippen LogP contribution in [0.25, 0.3) is 0 Å². The Morgan fingerprint density at radius 3 is 2.58 bits per heavy atom. The van der Waals surface area contributed by atoms with Crippen molar-refractivity contribution in [3.05, 3.63) is 41.2 Å². The molecule has 0 aliphatic rings. The third kappa shape index (κ3) is 3.34. The summed E-state index contributed by atoms with van der Waals surface area (Å²) in [6.45, 7) is 3.74. The Balaban J connectivity index is 1.90. The molecule has 100 valence electrons. The number of hydrogen-bond donors (Lipinski definition) is 3. The van der Waals surface area contributed by atoms with Crippen molar-refractivity contribution in [2.45, 2.75) is 26.7 Å². The first-order valence-corrected chi connectivity index (χ1v) is 6.22. The van der Waals surface area contributed by atoms with Crippen LogP contribution in [0.1, 0.15) is 23.4 Å². The van der Waals surface area contributed by atoms with E-state index in [9.17, 15) is 4.79 Å². The topological polar surface area (TPSA) is 83.8 Å². The quantitative estimate of drug-likeness (QED) is 0.735. The highest BCUT2D eigenvalue weighted by atomic mass is 16.1. The van der Waals surface area contributed by atoms with E-state index in [4.69, 9.17) is 5.73 Å². The molecule has 0 atom stereocenters. The maximum absolute atomic E-state index is 11.9. The van der Waals surface area contributed by atoms with Crippen LogP contribution in [-0.4, -0.2) is 16.1 Å². The number of benzene rings is 1. The lowest BCUT2D eigenvalue weighted by Crippen LogP contribution is -2.13. The Hall–Kier alpha value is -2.30. The molecule has 0 bridgehead atoms. The van der Waals surface area contributed by atoms with Gasteiger partial charge in [0, 0.05) is 12.1 Å². The van der Waals surface area contributed by atoms with Gasteiger partial charge in [0.25, 0.3) is 0 Å². The molecule has 2 aromatic rings. The molecule has 0 spiro atoms. The zero-order chi connectivity index (χ0) is 13.8. The minimum atomic E-state index is -0.00979. The van der Waals surface area contributed by atoms with Gasteiger partial charge in [-0.3, -0.25) is 9.89 Å². The lowest BCUT2D eigenvalue weighted by Gasteiger charge is -2.05. The molecule has 19 heavy (non-hydrogen) atoms. The van der Waals surface area contributed by atoms with E-state index in [0.29, 0.717) is 12.8 Å². The molecule has 5 nitrogen and oxygen atoms in total. The molecule has 0 fully saturated rings. The highest BCUT2D eigenvalue weighted by Crippen LogP contribution is 2.16. The van der Waals surface area contributed by atoms with Gasteiger partial charge in [-0.25, -0.2) is 0 Å². The van der Waals surface area contributed by atoms with Gasteiger partial charge in [0.2, 0.25) is 5.91 Å². The third-order valence-electron chi connectivity index (χ3n) is 3.01. The number of amides is 1. The second-order valence-electron chi connectivity index (χ2n) is 4.60. The number of nitrogens with one attached hydrogen (secondary N) is 2. The van der Waals surface area contributed by atoms with Crippen LogP contribution < -0.4 is 11.1 Å². The number of nitrogen functional groups attached to an aromatic ring is 1. The van der Waals surface area contributed by atoms with E-state index in [1.54, 1.807) is 0 Å². The number of nitrogens with zero attached hydrogens (tertiary/aromatic N) is 1. The molecule has 1 amide bonds. The Morgan fingerprint density at radius 2 is 2.00 bits per heavy atom. The first kappa shape index (κ1) is 13.1. The number of H-pyrrole nitrogens is 1. The molecule has 2 rings (SSSR count). The molecule has 4 N–H and O–H groups in total. The summed E-state index contributed by atoms with van der Waals surface area (Å²) in [5.74, 6) is -0.00979. The van der Waals surface area contributed by atoms with Crippen molar-refractivity contribution >= 4 is 17.3 Å². The van der Waals surface area contributed by atoms with Gasteiger partial charge in [-0.15, -0.1) is 0 Å². The van der Waals surface area contributed by atoms with Crippen LogP contribution in [0.4, 0.5) is 11.4 Å². The lowest BCUT2D eigenvalue weighted by atomic mass is 10.1. The zero-order valence-corrected chi connectivity index (χ0v) is 11.2. The molecule has 1 aromatic heterocycles. The summed E-state index contributed by atoms with van der Waals surface area (Å²) in [5.41, 5.74) is 9.91. The Kier molecular flexibility index (Phi) is 3.85. The van der Waals surface area contributed by atoms with Gasteiger partial charge in [-0.1, -0.05) is 12.1 Å². The van der Waals surface area contributed by atoms with E-state index in [0.717, 1.165) is 28.3 Å². The second kappa shape index (κ2) is 5.56. The van der Waals surface area contributed by atoms with E-state index in [1.165, 1.54) is 0 Å². The highest BCUT2D eigenvalue weighted by molar-refractivity contribution is 5.91. The number of carbonyl (C=O) groups excluding carboxylic acids is 1. The van der Waals surface area contributed by atoms with Crippen LogP contribution in [0.3, 0.4) is 0 Å². The summed E-state index contributed by atoms with van der Waals surface area (Å²) in [5, 5.41) is 9.77. The van der Waals surface area contributed by atoms with Crippen molar-refractivity contribution in [2.24, 2.45) is 0 Å². The summed E-state index contributed by atoms with van der Waals surface area (Å²) in [7, 11) is 0. The van der Waals surface area contributed by atoms with Crippen molar-refractivity contribution in [1.29, 1.82) is 0 Å². The fourth-order valence-corrected chi connectivity index (χ4v) is 1.88. The predicted octanol–water partition coefficient (Wildman–Crippen LogP) is 2.18. The molecular weight excluding hydrogens is 240 g/mol. The highest BCUT2D eigenvalue weighted by Gasteiger charge is 2.10. The number of hydrogen-bond acceptors (Lipinski definition) is 3. The average molecular weight is 258 g/mol. The first-order chi connectivity index (χ1) is 9.06. The van der Waals surface area contributed by atoms with Gasteiger partial charge in [0.1, 0.15) is 0 Å². The van der Waals surface area contributed by atoms with Crippen molar-refractivity contribution in [3.63, 3.8) is 0 Å². The Morgan fingerprint density at radius 1 is 1.32 bits per heavy atom. The zero-order valence-electron chi connectivity index (χ0n) is 11.2. The van der Waals surface area contributed by atoms with Gasteiger partial charge in [-0.05, 0) is 38.0 Å². The van der Waals surface area contributed by atoms with E-state index in [1.807, 2.05) is 38.1 Å². The molecule has 0 unspecified atom stereocenters. The minimum Gasteiger partial charge on any atom is -0.399 e. The van der Waals surface area contributed by atoms with Crippen LogP contribution >= 0.6 is 0 Å². The number of aromatic nitrogens is 2. The molecule has 5 heteroatoms. The Labute approximate surface area is 112 Å². The maximum Gasteiger partial charge on any atom is 0.224 e. The number of nitrogens with two attached hydrogens (primary N) is 1. The maximum atomic E-state index is 11.9. The van der Waals surface area contributed by atoms with E-state index in [-0.39, 0.29) is 5.91 Å². The largest absolute Gasteiger partial charge is 0.399 e. The minimum absolute atomic E-state index is 0.00979. The molecule has 0 aliphatic heterocycles. The van der Waals surface area contributed by atoms with Crippen LogP contribution in [-0.2, 0) is 11.2 Å². The number of carbonyl (C=O) groups is 1. The summed E-state index contributed by atoms with van der Waals surface area (Å²) in [6.07, 6.45) is 1.13. The predicted molar refractivity (Wildman–Crippen MR) is 75.9 cm³/mol. The average Bonchev–Trinajstić information content (AvgIpc) is 2.70. The van der Waals surface area contributed by atoms with Crippen molar-refractivity contribution in [2.75, 3.05) is 11.1 Å². The molecule has 0 saturated heterocycles. The molecule has 0 saturated carbocycles.